The molecule has 0 bridgehead atoms. The van der Waals surface area contributed by atoms with Gasteiger partial charge in [0.1, 0.15) is 0 Å². The van der Waals surface area contributed by atoms with Crippen LogP contribution in [0.2, 0.25) is 0 Å². The second kappa shape index (κ2) is 5.61. The van der Waals surface area contributed by atoms with Crippen LogP contribution < -0.4 is 9.61 Å². The van der Waals surface area contributed by atoms with E-state index in [0.717, 1.165) is 4.31 Å². The summed E-state index contributed by atoms with van der Waals surface area (Å²) >= 11 is 0. The van der Waals surface area contributed by atoms with Crippen LogP contribution in [0.4, 0.5) is 5.69 Å². The van der Waals surface area contributed by atoms with Gasteiger partial charge < -0.3 is 9.79 Å². The van der Waals surface area contributed by atoms with Crippen molar-refractivity contribution in [3.05, 3.63) is 54.6 Å². The van der Waals surface area contributed by atoms with E-state index in [-0.39, 0.29) is 15.9 Å². The molecule has 0 aliphatic heterocycles. The van der Waals surface area contributed by atoms with E-state index >= 15 is 0 Å². The van der Waals surface area contributed by atoms with Gasteiger partial charge in [0.2, 0.25) is 0 Å². The van der Waals surface area contributed by atoms with Crippen LogP contribution in [0, 0.1) is 0 Å². The maximum Gasteiger partial charge on any atom is 0.358 e. The van der Waals surface area contributed by atoms with E-state index in [4.69, 9.17) is 0 Å². The Labute approximate surface area is 122 Å². The maximum absolute atomic E-state index is 12.5. The Balaban J connectivity index is 2.56. The van der Waals surface area contributed by atoms with Crippen molar-refractivity contribution in [2.75, 3.05) is 11.4 Å². The van der Waals surface area contributed by atoms with E-state index in [1.54, 1.807) is 18.2 Å². The van der Waals surface area contributed by atoms with E-state index in [9.17, 15) is 22.8 Å². The number of sulfonamides is 1. The number of anilines is 1. The van der Waals surface area contributed by atoms with Gasteiger partial charge in [-0.2, -0.15) is 0 Å². The SMILES string of the molecule is CN(c1ccccc1P(=O)(O)O)S(=O)(=O)c1ccccc1. The number of hydrogen-bond acceptors (Lipinski definition) is 3. The predicted molar refractivity (Wildman–Crippen MR) is 80.2 cm³/mol. The van der Waals surface area contributed by atoms with Gasteiger partial charge in [-0.3, -0.25) is 8.87 Å². The molecule has 21 heavy (non-hydrogen) atoms. The third kappa shape index (κ3) is 3.16. The number of rotatable bonds is 4. The Morgan fingerprint density at radius 2 is 1.48 bits per heavy atom. The normalized spacial score (nSPS) is 12.1. The molecule has 0 fully saturated rings. The molecule has 2 aromatic carbocycles. The molecule has 0 heterocycles. The minimum Gasteiger partial charge on any atom is -0.321 e. The highest BCUT2D eigenvalue weighted by Gasteiger charge is 2.28. The van der Waals surface area contributed by atoms with Crippen molar-refractivity contribution >= 4 is 28.6 Å². The van der Waals surface area contributed by atoms with Crippen molar-refractivity contribution in [2.24, 2.45) is 0 Å². The van der Waals surface area contributed by atoms with Crippen molar-refractivity contribution < 1.29 is 22.8 Å². The van der Waals surface area contributed by atoms with Gasteiger partial charge in [-0.05, 0) is 24.3 Å². The van der Waals surface area contributed by atoms with Gasteiger partial charge in [-0.25, -0.2) is 8.42 Å². The lowest BCUT2D eigenvalue weighted by molar-refractivity contribution is 0.387. The van der Waals surface area contributed by atoms with Crippen LogP contribution >= 0.6 is 7.60 Å². The summed E-state index contributed by atoms with van der Waals surface area (Å²) in [6.45, 7) is 0. The van der Waals surface area contributed by atoms with Gasteiger partial charge in [0.25, 0.3) is 10.0 Å². The fraction of sp³-hybridized carbons (Fsp3) is 0.0769. The Morgan fingerprint density at radius 1 is 0.952 bits per heavy atom. The van der Waals surface area contributed by atoms with Gasteiger partial charge in [-0.15, -0.1) is 0 Å². The van der Waals surface area contributed by atoms with Crippen LogP contribution in [0.5, 0.6) is 0 Å². The molecule has 0 saturated carbocycles. The fourth-order valence-corrected chi connectivity index (χ4v) is 3.96. The molecule has 0 spiro atoms. The summed E-state index contributed by atoms with van der Waals surface area (Å²) in [5.74, 6) is 0. The Kier molecular flexibility index (Phi) is 4.20. The summed E-state index contributed by atoms with van der Waals surface area (Å²) in [7, 11) is -7.20. The molecule has 0 unspecified atom stereocenters. The quantitative estimate of drug-likeness (QED) is 0.826. The smallest absolute Gasteiger partial charge is 0.321 e. The second-order valence-corrected chi connectivity index (χ2v) is 7.86. The third-order valence-corrected chi connectivity index (χ3v) is 5.73. The zero-order valence-electron chi connectivity index (χ0n) is 11.1. The fourth-order valence-electron chi connectivity index (χ4n) is 1.86. The standard InChI is InChI=1S/C13H14NO5PS/c1-14(21(18,19)11-7-3-2-4-8-11)12-9-5-6-10-13(12)20(15,16)17/h2-10H,1H3,(H2,15,16,17). The van der Waals surface area contributed by atoms with Gasteiger partial charge in [0.05, 0.1) is 15.9 Å². The van der Waals surface area contributed by atoms with Gasteiger partial charge in [0.15, 0.2) is 0 Å². The van der Waals surface area contributed by atoms with Crippen molar-refractivity contribution in [3.63, 3.8) is 0 Å². The van der Waals surface area contributed by atoms with E-state index < -0.39 is 17.6 Å². The summed E-state index contributed by atoms with van der Waals surface area (Å²) < 4.78 is 37.3. The van der Waals surface area contributed by atoms with Gasteiger partial charge >= 0.3 is 7.60 Å². The van der Waals surface area contributed by atoms with Crippen LogP contribution in [-0.4, -0.2) is 25.3 Å². The van der Waals surface area contributed by atoms with Gasteiger partial charge in [0, 0.05) is 7.05 Å². The molecule has 0 amide bonds. The topological polar surface area (TPSA) is 94.9 Å². The highest BCUT2D eigenvalue weighted by molar-refractivity contribution is 7.92. The average Bonchev–Trinajstić information content (AvgIpc) is 2.46. The average molecular weight is 327 g/mol. The molecule has 0 aliphatic carbocycles. The molecular weight excluding hydrogens is 313 g/mol. The highest BCUT2D eigenvalue weighted by atomic mass is 32.2. The van der Waals surface area contributed by atoms with Crippen LogP contribution in [-0.2, 0) is 14.6 Å². The number of hydrogen-bond donors (Lipinski definition) is 2. The molecule has 2 aromatic rings. The molecule has 2 rings (SSSR count). The lowest BCUT2D eigenvalue weighted by atomic mass is 10.3. The van der Waals surface area contributed by atoms with Crippen LogP contribution in [0.3, 0.4) is 0 Å². The van der Waals surface area contributed by atoms with Crippen molar-refractivity contribution in [3.8, 4) is 0 Å². The first kappa shape index (κ1) is 15.7. The van der Waals surface area contributed by atoms with E-state index in [1.165, 1.54) is 43.4 Å². The first-order valence-corrected chi connectivity index (χ1v) is 8.99. The maximum atomic E-state index is 12.5. The predicted octanol–water partition coefficient (Wildman–Crippen LogP) is 1.31. The summed E-state index contributed by atoms with van der Waals surface area (Å²) in [6.07, 6.45) is 0. The zero-order valence-corrected chi connectivity index (χ0v) is 12.8. The first-order valence-electron chi connectivity index (χ1n) is 5.94. The van der Waals surface area contributed by atoms with E-state index in [0.29, 0.717) is 0 Å². The minimum atomic E-state index is -4.58. The Hall–Kier alpha value is -1.66. The van der Waals surface area contributed by atoms with Crippen molar-refractivity contribution in [1.82, 2.24) is 0 Å². The lowest BCUT2D eigenvalue weighted by Gasteiger charge is -2.22. The molecule has 8 heteroatoms. The molecule has 0 aliphatic rings. The third-order valence-electron chi connectivity index (χ3n) is 2.94. The second-order valence-electron chi connectivity index (χ2n) is 4.32. The largest absolute Gasteiger partial charge is 0.358 e. The monoisotopic (exact) mass is 327 g/mol. The highest BCUT2D eigenvalue weighted by Crippen LogP contribution is 2.38. The molecule has 2 N–H and O–H groups in total. The Bertz CT molecular complexity index is 785. The van der Waals surface area contributed by atoms with Crippen molar-refractivity contribution in [1.29, 1.82) is 0 Å². The summed E-state index contributed by atoms with van der Waals surface area (Å²) in [6, 6.07) is 13.2. The molecule has 112 valence electrons. The molecule has 0 radical (unpaired) electrons. The molecule has 6 nitrogen and oxygen atoms in total. The number of nitrogens with zero attached hydrogens (tertiary/aromatic N) is 1. The number of para-hydroxylation sites is 1. The summed E-state index contributed by atoms with van der Waals surface area (Å²) in [5.41, 5.74) is -0.0466. The Morgan fingerprint density at radius 3 is 2.05 bits per heavy atom. The van der Waals surface area contributed by atoms with Crippen LogP contribution in [0.25, 0.3) is 0 Å². The number of benzene rings is 2. The van der Waals surface area contributed by atoms with Crippen LogP contribution in [0.1, 0.15) is 0 Å². The molecule has 0 atom stereocenters. The minimum absolute atomic E-state index is 0.0466. The molecular formula is C13H14NO5PS. The summed E-state index contributed by atoms with van der Waals surface area (Å²) in [5, 5.41) is -0.327. The van der Waals surface area contributed by atoms with E-state index in [2.05, 4.69) is 0 Å². The van der Waals surface area contributed by atoms with Crippen molar-refractivity contribution in [2.45, 2.75) is 4.90 Å². The lowest BCUT2D eigenvalue weighted by Crippen LogP contribution is -2.30. The first-order chi connectivity index (χ1) is 9.74. The molecule has 0 aromatic heterocycles. The van der Waals surface area contributed by atoms with Gasteiger partial charge in [-0.1, -0.05) is 30.3 Å². The molecule has 0 saturated heterocycles. The van der Waals surface area contributed by atoms with Crippen LogP contribution in [0.15, 0.2) is 59.5 Å². The zero-order chi connectivity index (χ0) is 15.7. The van der Waals surface area contributed by atoms with E-state index in [1.807, 2.05) is 0 Å². The summed E-state index contributed by atoms with van der Waals surface area (Å²) in [4.78, 5) is 18.7.